The van der Waals surface area contributed by atoms with Crippen LogP contribution in [0, 0.1) is 0 Å². The van der Waals surface area contributed by atoms with E-state index in [-0.39, 0.29) is 43.2 Å². The van der Waals surface area contributed by atoms with E-state index in [0.717, 1.165) is 16.7 Å². The van der Waals surface area contributed by atoms with E-state index >= 15 is 0 Å². The van der Waals surface area contributed by atoms with E-state index in [2.05, 4.69) is 5.32 Å². The van der Waals surface area contributed by atoms with E-state index in [9.17, 15) is 14.4 Å². The molecule has 1 fully saturated rings. The van der Waals surface area contributed by atoms with Crippen molar-refractivity contribution in [2.75, 3.05) is 26.8 Å². The maximum Gasteiger partial charge on any atom is 0.321 e. The van der Waals surface area contributed by atoms with Gasteiger partial charge in [0.25, 0.3) is 5.91 Å². The SMILES string of the molecule is CCOC(=O)[C@@]1(c2ccccc2)CC[C@H](C(=O)N2CCC(NC(=O)c3ccccc3OC)CC2)c2ccccc21.S. The Hall–Kier alpha value is -3.78. The molecule has 3 aromatic rings. The van der Waals surface area contributed by atoms with Crippen molar-refractivity contribution in [2.45, 2.75) is 50.0 Å². The van der Waals surface area contributed by atoms with E-state index in [0.29, 0.717) is 56.7 Å². The summed E-state index contributed by atoms with van der Waals surface area (Å²) >= 11 is 0. The Balaban J connectivity index is 0.00000387. The molecule has 2 aliphatic rings. The number of piperidine rings is 1. The fourth-order valence-corrected chi connectivity index (χ4v) is 6.26. The lowest BCUT2D eigenvalue weighted by Gasteiger charge is -2.42. The fourth-order valence-electron chi connectivity index (χ4n) is 6.26. The van der Waals surface area contributed by atoms with Crippen LogP contribution in [0.25, 0.3) is 0 Å². The first kappa shape index (κ1) is 30.2. The summed E-state index contributed by atoms with van der Waals surface area (Å²) in [6, 6.07) is 24.7. The lowest BCUT2D eigenvalue weighted by molar-refractivity contribution is -0.149. The van der Waals surface area contributed by atoms with Crippen molar-refractivity contribution < 1.29 is 23.9 Å². The fraction of sp³-hybridized carbons (Fsp3) is 0.364. The molecule has 8 heteroatoms. The molecule has 0 saturated carbocycles. The highest BCUT2D eigenvalue weighted by Gasteiger charge is 2.50. The third kappa shape index (κ3) is 5.84. The molecule has 2 amide bonds. The number of carbonyl (C=O) groups is 3. The second-order valence-corrected chi connectivity index (χ2v) is 10.4. The predicted molar refractivity (Wildman–Crippen MR) is 163 cm³/mol. The highest BCUT2D eigenvalue weighted by molar-refractivity contribution is 7.59. The Morgan fingerprint density at radius 1 is 0.902 bits per heavy atom. The molecule has 7 nitrogen and oxygen atoms in total. The summed E-state index contributed by atoms with van der Waals surface area (Å²) in [4.78, 5) is 42.2. The third-order valence-corrected chi connectivity index (χ3v) is 8.29. The number of benzene rings is 3. The number of fused-ring (bicyclic) bond motifs is 1. The summed E-state index contributed by atoms with van der Waals surface area (Å²) in [6.45, 7) is 3.24. The van der Waals surface area contributed by atoms with Crippen LogP contribution in [0.15, 0.2) is 78.9 Å². The molecule has 5 rings (SSSR count). The van der Waals surface area contributed by atoms with Crippen LogP contribution in [0.2, 0.25) is 0 Å². The lowest BCUT2D eigenvalue weighted by Crippen LogP contribution is -2.49. The summed E-state index contributed by atoms with van der Waals surface area (Å²) in [6.07, 6.45) is 2.40. The van der Waals surface area contributed by atoms with E-state index in [1.807, 2.05) is 78.6 Å². The Kier molecular flexibility index (Phi) is 9.76. The Labute approximate surface area is 248 Å². The number of carbonyl (C=O) groups excluding carboxylic acids is 3. The predicted octanol–water partition coefficient (Wildman–Crippen LogP) is 4.96. The molecule has 41 heavy (non-hydrogen) atoms. The van der Waals surface area contributed by atoms with Gasteiger partial charge in [-0.3, -0.25) is 14.4 Å². The van der Waals surface area contributed by atoms with Crippen molar-refractivity contribution in [1.82, 2.24) is 10.2 Å². The first-order chi connectivity index (χ1) is 19.5. The average Bonchev–Trinajstić information content (AvgIpc) is 3.01. The van der Waals surface area contributed by atoms with Gasteiger partial charge >= 0.3 is 5.97 Å². The largest absolute Gasteiger partial charge is 0.496 e. The summed E-state index contributed by atoms with van der Waals surface area (Å²) in [7, 11) is 1.55. The van der Waals surface area contributed by atoms with Gasteiger partial charge in [-0.25, -0.2) is 0 Å². The number of nitrogens with zero attached hydrogens (tertiary/aromatic N) is 1. The number of para-hydroxylation sites is 1. The smallest absolute Gasteiger partial charge is 0.321 e. The standard InChI is InChI=1S/C33H36N2O5.H2S/c1-3-40-32(38)33(23-11-5-4-6-12-23)20-17-26(25-13-7-9-15-28(25)33)31(37)35-21-18-24(19-22-35)34-30(36)27-14-8-10-16-29(27)39-2;/h4-16,24,26H,3,17-22H2,1-2H3,(H,34,36);1H2/t26-,33+;/m0./s1. The van der Waals surface area contributed by atoms with Gasteiger partial charge in [-0.1, -0.05) is 66.7 Å². The number of hydrogen-bond donors (Lipinski definition) is 1. The topological polar surface area (TPSA) is 84.9 Å². The average molecular weight is 575 g/mol. The molecular weight excluding hydrogens is 536 g/mol. The minimum absolute atomic E-state index is 0. The van der Waals surface area contributed by atoms with Crippen LogP contribution in [0.4, 0.5) is 0 Å². The summed E-state index contributed by atoms with van der Waals surface area (Å²) in [5.74, 6) is -0.154. The van der Waals surface area contributed by atoms with Gasteiger partial charge in [0.1, 0.15) is 11.2 Å². The van der Waals surface area contributed by atoms with Crippen LogP contribution in [-0.4, -0.2) is 55.5 Å². The van der Waals surface area contributed by atoms with Crippen LogP contribution in [0.3, 0.4) is 0 Å². The monoisotopic (exact) mass is 574 g/mol. The van der Waals surface area contributed by atoms with Gasteiger partial charge in [0.2, 0.25) is 5.91 Å². The highest BCUT2D eigenvalue weighted by atomic mass is 32.1. The van der Waals surface area contributed by atoms with Crippen molar-refractivity contribution in [3.05, 3.63) is 101 Å². The zero-order valence-electron chi connectivity index (χ0n) is 23.6. The van der Waals surface area contributed by atoms with E-state index in [4.69, 9.17) is 9.47 Å². The Morgan fingerprint density at radius 3 is 2.27 bits per heavy atom. The first-order valence-electron chi connectivity index (χ1n) is 14.0. The van der Waals surface area contributed by atoms with Gasteiger partial charge in [-0.15, -0.1) is 0 Å². The van der Waals surface area contributed by atoms with Crippen LogP contribution < -0.4 is 10.1 Å². The minimum atomic E-state index is -0.944. The van der Waals surface area contributed by atoms with Crippen LogP contribution in [0.1, 0.15) is 65.6 Å². The molecule has 1 N–H and O–H groups in total. The van der Waals surface area contributed by atoms with Crippen LogP contribution in [0.5, 0.6) is 5.75 Å². The number of hydrogen-bond acceptors (Lipinski definition) is 5. The molecule has 1 heterocycles. The number of nitrogens with one attached hydrogen (secondary N) is 1. The number of methoxy groups -OCH3 is 1. The second-order valence-electron chi connectivity index (χ2n) is 10.4. The molecular formula is C33H38N2O5S. The van der Waals surface area contributed by atoms with E-state index in [1.165, 1.54) is 0 Å². The van der Waals surface area contributed by atoms with E-state index in [1.54, 1.807) is 19.2 Å². The van der Waals surface area contributed by atoms with Crippen molar-refractivity contribution in [2.24, 2.45) is 0 Å². The molecule has 0 bridgehead atoms. The van der Waals surface area contributed by atoms with E-state index < -0.39 is 5.41 Å². The Morgan fingerprint density at radius 2 is 1.56 bits per heavy atom. The molecule has 0 unspecified atom stereocenters. The first-order valence-corrected chi connectivity index (χ1v) is 14.0. The summed E-state index contributed by atoms with van der Waals surface area (Å²) < 4.78 is 10.9. The zero-order chi connectivity index (χ0) is 28.1. The lowest BCUT2D eigenvalue weighted by atomic mass is 9.63. The summed E-state index contributed by atoms with van der Waals surface area (Å²) in [5.41, 5.74) is 2.19. The molecule has 1 aliphatic heterocycles. The van der Waals surface area contributed by atoms with Crippen molar-refractivity contribution >= 4 is 31.3 Å². The van der Waals surface area contributed by atoms with Gasteiger partial charge in [0.05, 0.1) is 25.2 Å². The van der Waals surface area contributed by atoms with Gasteiger partial charge in [0, 0.05) is 19.1 Å². The van der Waals surface area contributed by atoms with Crippen molar-refractivity contribution in [3.8, 4) is 5.75 Å². The second kappa shape index (κ2) is 13.3. The zero-order valence-corrected chi connectivity index (χ0v) is 24.6. The van der Waals surface area contributed by atoms with Gasteiger partial charge in [0.15, 0.2) is 0 Å². The van der Waals surface area contributed by atoms with Crippen LogP contribution in [-0.2, 0) is 19.7 Å². The Bertz CT molecular complexity index is 1370. The number of rotatable bonds is 7. The maximum absolute atomic E-state index is 13.9. The molecule has 0 aromatic heterocycles. The van der Waals surface area contributed by atoms with Crippen molar-refractivity contribution in [1.29, 1.82) is 0 Å². The molecule has 3 aromatic carbocycles. The van der Waals surface area contributed by atoms with Crippen molar-refractivity contribution in [3.63, 3.8) is 0 Å². The molecule has 2 atom stereocenters. The molecule has 216 valence electrons. The number of esters is 1. The number of ether oxygens (including phenoxy) is 2. The molecule has 0 spiro atoms. The van der Waals surface area contributed by atoms with Gasteiger partial charge in [-0.05, 0) is 61.4 Å². The third-order valence-electron chi connectivity index (χ3n) is 8.29. The van der Waals surface area contributed by atoms with Crippen LogP contribution >= 0.6 is 13.5 Å². The molecule has 1 saturated heterocycles. The quantitative estimate of drug-likeness (QED) is 0.404. The number of likely N-dealkylation sites (tertiary alicyclic amines) is 1. The normalized spacial score (nSPS) is 20.2. The summed E-state index contributed by atoms with van der Waals surface area (Å²) in [5, 5.41) is 3.11. The number of amides is 2. The van der Waals surface area contributed by atoms with Gasteiger partial charge in [-0.2, -0.15) is 13.5 Å². The highest BCUT2D eigenvalue weighted by Crippen LogP contribution is 2.48. The molecule has 1 aliphatic carbocycles. The van der Waals surface area contributed by atoms with Gasteiger partial charge < -0.3 is 19.7 Å². The maximum atomic E-state index is 13.9. The minimum Gasteiger partial charge on any atom is -0.496 e. The molecule has 0 radical (unpaired) electrons.